The van der Waals surface area contributed by atoms with Crippen LogP contribution in [0.25, 0.3) is 0 Å². The van der Waals surface area contributed by atoms with E-state index in [1.165, 1.54) is 20.9 Å². The Kier molecular flexibility index (Phi) is 4.64. The molecule has 11 heteroatoms. The van der Waals surface area contributed by atoms with Gasteiger partial charge in [-0.1, -0.05) is 0 Å². The summed E-state index contributed by atoms with van der Waals surface area (Å²) < 4.78 is 40.2. The van der Waals surface area contributed by atoms with E-state index in [-0.39, 0.29) is 11.6 Å². The molecule has 0 spiro atoms. The number of hydrogen-bond donors (Lipinski definition) is 2. The van der Waals surface area contributed by atoms with Crippen molar-refractivity contribution in [2.24, 2.45) is 0 Å². The van der Waals surface area contributed by atoms with Crippen LogP contribution in [0.15, 0.2) is 23.3 Å². The number of anilines is 3. The molecule has 0 saturated heterocycles. The van der Waals surface area contributed by atoms with Crippen LogP contribution < -0.4 is 16.2 Å². The highest BCUT2D eigenvalue weighted by atomic mass is 19.4. The van der Waals surface area contributed by atoms with E-state index in [9.17, 15) is 18.0 Å². The molecule has 0 unspecified atom stereocenters. The number of alkyl halides is 3. The molecule has 0 fully saturated rings. The zero-order chi connectivity index (χ0) is 18.8. The Balaban J connectivity index is 2.45. The molecule has 2 rings (SSSR count). The van der Waals surface area contributed by atoms with Crippen LogP contribution in [0, 0.1) is 11.3 Å². The summed E-state index contributed by atoms with van der Waals surface area (Å²) in [6, 6.07) is 2.95. The average Bonchev–Trinajstić information content (AvgIpc) is 2.53. The van der Waals surface area contributed by atoms with E-state index in [1.54, 1.807) is 0 Å². The predicted octanol–water partition coefficient (Wildman–Crippen LogP) is 2.10. The number of nitrogens with zero attached hydrogens (tertiary/aromatic N) is 5. The Hall–Kier alpha value is -3.16. The van der Waals surface area contributed by atoms with Crippen molar-refractivity contribution in [2.75, 3.05) is 17.7 Å². The molecule has 0 aliphatic carbocycles. The van der Waals surface area contributed by atoms with Gasteiger partial charge in [-0.3, -0.25) is 4.79 Å². The van der Waals surface area contributed by atoms with Gasteiger partial charge in [0, 0.05) is 19.3 Å². The van der Waals surface area contributed by atoms with E-state index in [0.29, 0.717) is 6.20 Å². The first-order valence-electron chi connectivity index (χ1n) is 6.98. The van der Waals surface area contributed by atoms with E-state index in [4.69, 9.17) is 5.26 Å². The number of nitriles is 1. The van der Waals surface area contributed by atoms with Crippen LogP contribution in [0.4, 0.5) is 30.6 Å². The third-order valence-electron chi connectivity index (χ3n) is 3.18. The normalized spacial score (nSPS) is 11.7. The van der Waals surface area contributed by atoms with Gasteiger partial charge in [-0.2, -0.15) is 28.5 Å². The second kappa shape index (κ2) is 6.39. The van der Waals surface area contributed by atoms with Gasteiger partial charge < -0.3 is 10.6 Å². The zero-order valence-corrected chi connectivity index (χ0v) is 13.5. The molecule has 0 bridgehead atoms. The van der Waals surface area contributed by atoms with Crippen molar-refractivity contribution in [1.29, 1.82) is 5.26 Å². The minimum Gasteiger partial charge on any atom is -0.357 e. The third kappa shape index (κ3) is 3.85. The second-order valence-electron chi connectivity index (χ2n) is 5.49. The highest BCUT2D eigenvalue weighted by Gasteiger charge is 2.35. The number of rotatable bonds is 4. The Bertz CT molecular complexity index is 883. The molecular formula is C14H14F3N7O. The third-order valence-corrected chi connectivity index (χ3v) is 3.18. The fourth-order valence-electron chi connectivity index (χ4n) is 1.89. The molecule has 0 aliphatic heterocycles. The maximum atomic E-state index is 13.1. The molecule has 2 aromatic heterocycles. The SMILES string of the molecule is CNc1ncc(C(F)(F)F)c(Nc2cnn(C(C)(C)C#N)c(=O)c2)n1. The second-order valence-corrected chi connectivity index (χ2v) is 5.49. The number of halogens is 3. The van der Waals surface area contributed by atoms with Crippen LogP contribution in [0.1, 0.15) is 19.4 Å². The lowest BCUT2D eigenvalue weighted by atomic mass is 10.1. The smallest absolute Gasteiger partial charge is 0.357 e. The van der Waals surface area contributed by atoms with Crippen molar-refractivity contribution >= 4 is 17.5 Å². The van der Waals surface area contributed by atoms with Gasteiger partial charge in [-0.15, -0.1) is 0 Å². The van der Waals surface area contributed by atoms with Crippen LogP contribution in [-0.2, 0) is 11.7 Å². The van der Waals surface area contributed by atoms with E-state index in [1.807, 2.05) is 6.07 Å². The Morgan fingerprint density at radius 2 is 1.96 bits per heavy atom. The minimum absolute atomic E-state index is 0.00115. The highest BCUT2D eigenvalue weighted by molar-refractivity contribution is 5.59. The average molecular weight is 353 g/mol. The Labute approximate surface area is 140 Å². The van der Waals surface area contributed by atoms with E-state index < -0.39 is 28.7 Å². The molecule has 0 amide bonds. The van der Waals surface area contributed by atoms with Gasteiger partial charge >= 0.3 is 6.18 Å². The first-order valence-corrected chi connectivity index (χ1v) is 6.98. The molecule has 2 heterocycles. The topological polar surface area (TPSA) is 109 Å². The zero-order valence-electron chi connectivity index (χ0n) is 13.5. The molecule has 0 atom stereocenters. The first kappa shape index (κ1) is 18.2. The van der Waals surface area contributed by atoms with Crippen molar-refractivity contribution in [3.8, 4) is 6.07 Å². The summed E-state index contributed by atoms with van der Waals surface area (Å²) in [4.78, 5) is 19.4. The van der Waals surface area contributed by atoms with Gasteiger partial charge in [0.05, 0.1) is 18.0 Å². The van der Waals surface area contributed by atoms with Gasteiger partial charge in [-0.05, 0) is 13.8 Å². The van der Waals surface area contributed by atoms with Gasteiger partial charge in [-0.25, -0.2) is 9.67 Å². The van der Waals surface area contributed by atoms with Crippen LogP contribution in [-0.4, -0.2) is 26.8 Å². The molecule has 0 radical (unpaired) electrons. The number of aromatic nitrogens is 4. The molecule has 25 heavy (non-hydrogen) atoms. The quantitative estimate of drug-likeness (QED) is 0.866. The van der Waals surface area contributed by atoms with Crippen LogP contribution in [0.3, 0.4) is 0 Å². The van der Waals surface area contributed by atoms with Crippen molar-refractivity contribution in [2.45, 2.75) is 25.6 Å². The fraction of sp³-hybridized carbons (Fsp3) is 0.357. The summed E-state index contributed by atoms with van der Waals surface area (Å²) >= 11 is 0. The first-order chi connectivity index (χ1) is 11.6. The van der Waals surface area contributed by atoms with Crippen molar-refractivity contribution in [3.05, 3.63) is 34.4 Å². The molecule has 0 aromatic carbocycles. The summed E-state index contributed by atoms with van der Waals surface area (Å²) in [7, 11) is 1.46. The lowest BCUT2D eigenvalue weighted by Gasteiger charge is -2.18. The molecule has 8 nitrogen and oxygen atoms in total. The molecule has 132 valence electrons. The van der Waals surface area contributed by atoms with Gasteiger partial charge in [0.25, 0.3) is 5.56 Å². The van der Waals surface area contributed by atoms with E-state index >= 15 is 0 Å². The molecular weight excluding hydrogens is 339 g/mol. The summed E-state index contributed by atoms with van der Waals surface area (Å²) in [5.41, 5.74) is -2.93. The van der Waals surface area contributed by atoms with Crippen LogP contribution in [0.5, 0.6) is 0 Å². The molecule has 0 saturated carbocycles. The maximum Gasteiger partial charge on any atom is 0.421 e. The monoisotopic (exact) mass is 353 g/mol. The molecule has 0 aliphatic rings. The fourth-order valence-corrected chi connectivity index (χ4v) is 1.89. The van der Waals surface area contributed by atoms with Gasteiger partial charge in [0.2, 0.25) is 5.95 Å². The largest absolute Gasteiger partial charge is 0.421 e. The van der Waals surface area contributed by atoms with Crippen LogP contribution >= 0.6 is 0 Å². The summed E-state index contributed by atoms with van der Waals surface area (Å²) in [5, 5.41) is 17.8. The standard InChI is InChI=1S/C14H14F3N7O/c1-13(2,7-18)24-10(25)4-8(5-21-24)22-11-9(14(15,16)17)6-20-12(19-3)23-11/h4-6H,1-3H3,(H2,19,20,22,23). The Morgan fingerprint density at radius 3 is 2.48 bits per heavy atom. The van der Waals surface area contributed by atoms with Crippen molar-refractivity contribution in [3.63, 3.8) is 0 Å². The predicted molar refractivity (Wildman–Crippen MR) is 83.3 cm³/mol. The summed E-state index contributed by atoms with van der Waals surface area (Å²) in [6.45, 7) is 2.97. The van der Waals surface area contributed by atoms with E-state index in [2.05, 4.69) is 25.7 Å². The van der Waals surface area contributed by atoms with E-state index in [0.717, 1.165) is 16.9 Å². The molecule has 2 aromatic rings. The van der Waals surface area contributed by atoms with Crippen LogP contribution in [0.2, 0.25) is 0 Å². The maximum absolute atomic E-state index is 13.1. The van der Waals surface area contributed by atoms with Gasteiger partial charge in [0.1, 0.15) is 16.9 Å². The summed E-state index contributed by atoms with van der Waals surface area (Å²) in [6.07, 6.45) is -2.91. The minimum atomic E-state index is -4.68. The lowest BCUT2D eigenvalue weighted by Crippen LogP contribution is -2.36. The van der Waals surface area contributed by atoms with Gasteiger partial charge in [0.15, 0.2) is 0 Å². The highest BCUT2D eigenvalue weighted by Crippen LogP contribution is 2.34. The Morgan fingerprint density at radius 1 is 1.28 bits per heavy atom. The molecule has 2 N–H and O–H groups in total. The van der Waals surface area contributed by atoms with Crippen molar-refractivity contribution in [1.82, 2.24) is 19.7 Å². The number of hydrogen-bond acceptors (Lipinski definition) is 7. The van der Waals surface area contributed by atoms with Crippen molar-refractivity contribution < 1.29 is 13.2 Å². The summed E-state index contributed by atoms with van der Waals surface area (Å²) in [5.74, 6) is -0.548. The lowest BCUT2D eigenvalue weighted by molar-refractivity contribution is -0.137. The number of nitrogens with one attached hydrogen (secondary N) is 2.